The number of aromatic nitrogens is 1. The van der Waals surface area contributed by atoms with E-state index in [1.165, 1.54) is 0 Å². The predicted octanol–water partition coefficient (Wildman–Crippen LogP) is 4.25. The van der Waals surface area contributed by atoms with Crippen molar-refractivity contribution in [2.75, 3.05) is 0 Å². The number of alkyl halides is 1. The summed E-state index contributed by atoms with van der Waals surface area (Å²) in [7, 11) is 0. The summed E-state index contributed by atoms with van der Waals surface area (Å²) in [6.07, 6.45) is 0. The van der Waals surface area contributed by atoms with E-state index in [1.807, 2.05) is 25.1 Å². The van der Waals surface area contributed by atoms with Gasteiger partial charge in [0.05, 0.1) is 20.6 Å². The molecule has 0 radical (unpaired) electrons. The van der Waals surface area contributed by atoms with Gasteiger partial charge in [-0.2, -0.15) is 0 Å². The number of rotatable bonds is 1. The molecule has 0 N–H and O–H groups in total. The lowest BCUT2D eigenvalue weighted by Gasteiger charge is -1.91. The Bertz CT molecular complexity index is 436. The second kappa shape index (κ2) is 3.45. The van der Waals surface area contributed by atoms with Crippen LogP contribution in [0.4, 0.5) is 0 Å². The van der Waals surface area contributed by atoms with Crippen molar-refractivity contribution in [2.45, 2.75) is 12.3 Å². The Morgan fingerprint density at radius 1 is 1.46 bits per heavy atom. The number of hydrogen-bond donors (Lipinski definition) is 0. The van der Waals surface area contributed by atoms with Crippen LogP contribution in [0.25, 0.3) is 10.2 Å². The predicted molar refractivity (Wildman–Crippen MR) is 58.9 cm³/mol. The van der Waals surface area contributed by atoms with Crippen LogP contribution in [0.15, 0.2) is 18.2 Å². The topological polar surface area (TPSA) is 12.9 Å². The number of hydrogen-bond acceptors (Lipinski definition) is 2. The van der Waals surface area contributed by atoms with Gasteiger partial charge < -0.3 is 0 Å². The fourth-order valence-corrected chi connectivity index (χ4v) is 2.47. The van der Waals surface area contributed by atoms with Crippen LogP contribution >= 0.6 is 34.5 Å². The zero-order valence-corrected chi connectivity index (χ0v) is 9.25. The number of fused-ring (bicyclic) bond motifs is 1. The number of thiazole rings is 1. The first kappa shape index (κ1) is 9.25. The third kappa shape index (κ3) is 1.66. The molecule has 1 nitrogen and oxygen atoms in total. The van der Waals surface area contributed by atoms with Crippen molar-refractivity contribution in [3.8, 4) is 0 Å². The fraction of sp³-hybridized carbons (Fsp3) is 0.222. The van der Waals surface area contributed by atoms with Gasteiger partial charge in [-0.3, -0.25) is 0 Å². The molecule has 2 rings (SSSR count). The van der Waals surface area contributed by atoms with Crippen LogP contribution in [0.5, 0.6) is 0 Å². The van der Waals surface area contributed by atoms with Gasteiger partial charge in [0.1, 0.15) is 5.01 Å². The van der Waals surface area contributed by atoms with Gasteiger partial charge in [0.2, 0.25) is 0 Å². The standard InChI is InChI=1S/C9H7Cl2NS/c1-5(10)9-12-7-4-2-3-6(11)8(7)13-9/h2-5H,1H3. The van der Waals surface area contributed by atoms with E-state index < -0.39 is 0 Å². The van der Waals surface area contributed by atoms with E-state index in [9.17, 15) is 0 Å². The molecule has 1 heterocycles. The molecule has 1 aromatic heterocycles. The summed E-state index contributed by atoms with van der Waals surface area (Å²) < 4.78 is 1.02. The van der Waals surface area contributed by atoms with Gasteiger partial charge in [-0.05, 0) is 19.1 Å². The first-order valence-electron chi connectivity index (χ1n) is 3.87. The third-order valence-electron chi connectivity index (χ3n) is 1.72. The lowest BCUT2D eigenvalue weighted by Crippen LogP contribution is -1.79. The van der Waals surface area contributed by atoms with Crippen LogP contribution in [-0.4, -0.2) is 4.98 Å². The number of halogens is 2. The highest BCUT2D eigenvalue weighted by molar-refractivity contribution is 7.19. The molecule has 2 aromatic rings. The highest BCUT2D eigenvalue weighted by atomic mass is 35.5. The minimum atomic E-state index is -0.0477. The minimum Gasteiger partial charge on any atom is -0.240 e. The lowest BCUT2D eigenvalue weighted by atomic mass is 10.3. The molecule has 4 heteroatoms. The maximum atomic E-state index is 6.00. The molecule has 0 aliphatic heterocycles. The van der Waals surface area contributed by atoms with Gasteiger partial charge in [0, 0.05) is 0 Å². The van der Waals surface area contributed by atoms with E-state index in [1.54, 1.807) is 11.3 Å². The van der Waals surface area contributed by atoms with E-state index in [-0.39, 0.29) is 5.38 Å². The molecule has 0 amide bonds. The molecule has 0 saturated carbocycles. The maximum Gasteiger partial charge on any atom is 0.112 e. The van der Waals surface area contributed by atoms with Crippen molar-refractivity contribution in [3.63, 3.8) is 0 Å². The molecule has 0 bridgehead atoms. The van der Waals surface area contributed by atoms with Crippen LogP contribution in [0, 0.1) is 0 Å². The monoisotopic (exact) mass is 231 g/mol. The summed E-state index contributed by atoms with van der Waals surface area (Å²) in [5.41, 5.74) is 0.931. The highest BCUT2D eigenvalue weighted by Crippen LogP contribution is 2.33. The van der Waals surface area contributed by atoms with Gasteiger partial charge in [-0.15, -0.1) is 22.9 Å². The molecule has 0 aliphatic rings. The number of benzene rings is 1. The SMILES string of the molecule is CC(Cl)c1nc2cccc(Cl)c2s1. The summed E-state index contributed by atoms with van der Waals surface area (Å²) in [6.45, 7) is 1.91. The Balaban J connectivity index is 2.68. The zero-order chi connectivity index (χ0) is 9.42. The van der Waals surface area contributed by atoms with Gasteiger partial charge >= 0.3 is 0 Å². The zero-order valence-electron chi connectivity index (χ0n) is 6.92. The summed E-state index contributed by atoms with van der Waals surface area (Å²) in [5.74, 6) is 0. The van der Waals surface area contributed by atoms with Gasteiger partial charge in [-0.1, -0.05) is 17.7 Å². The minimum absolute atomic E-state index is 0.0477. The average Bonchev–Trinajstić information content (AvgIpc) is 2.49. The fourth-order valence-electron chi connectivity index (χ4n) is 1.10. The first-order chi connectivity index (χ1) is 6.18. The Hall–Kier alpha value is -0.310. The Kier molecular flexibility index (Phi) is 2.45. The van der Waals surface area contributed by atoms with E-state index in [4.69, 9.17) is 23.2 Å². The summed E-state index contributed by atoms with van der Waals surface area (Å²) in [4.78, 5) is 4.38. The van der Waals surface area contributed by atoms with E-state index >= 15 is 0 Å². The van der Waals surface area contributed by atoms with Crippen LogP contribution < -0.4 is 0 Å². The molecular formula is C9H7Cl2NS. The van der Waals surface area contributed by atoms with Crippen molar-refractivity contribution in [3.05, 3.63) is 28.2 Å². The summed E-state index contributed by atoms with van der Waals surface area (Å²) in [6, 6.07) is 5.71. The van der Waals surface area contributed by atoms with Gasteiger partial charge in [0.25, 0.3) is 0 Å². The van der Waals surface area contributed by atoms with Crippen molar-refractivity contribution < 1.29 is 0 Å². The maximum absolute atomic E-state index is 6.00. The van der Waals surface area contributed by atoms with Crippen molar-refractivity contribution in [1.29, 1.82) is 0 Å². The molecule has 1 unspecified atom stereocenters. The molecule has 0 fully saturated rings. The Labute approximate surface area is 90.3 Å². The molecular weight excluding hydrogens is 225 g/mol. The normalized spacial score (nSPS) is 13.5. The largest absolute Gasteiger partial charge is 0.240 e. The summed E-state index contributed by atoms with van der Waals surface area (Å²) >= 11 is 13.5. The highest BCUT2D eigenvalue weighted by Gasteiger charge is 2.09. The molecule has 0 spiro atoms. The lowest BCUT2D eigenvalue weighted by molar-refractivity contribution is 1.06. The van der Waals surface area contributed by atoms with Crippen molar-refractivity contribution >= 4 is 44.8 Å². The van der Waals surface area contributed by atoms with E-state index in [0.717, 1.165) is 20.2 Å². The number of nitrogens with zero attached hydrogens (tertiary/aromatic N) is 1. The first-order valence-corrected chi connectivity index (χ1v) is 5.50. The van der Waals surface area contributed by atoms with Crippen LogP contribution in [0.3, 0.4) is 0 Å². The third-order valence-corrected chi connectivity index (χ3v) is 3.77. The Morgan fingerprint density at radius 3 is 2.85 bits per heavy atom. The van der Waals surface area contributed by atoms with E-state index in [0.29, 0.717) is 0 Å². The Morgan fingerprint density at radius 2 is 2.23 bits per heavy atom. The molecule has 0 aliphatic carbocycles. The quantitative estimate of drug-likeness (QED) is 0.670. The van der Waals surface area contributed by atoms with Gasteiger partial charge in [0.15, 0.2) is 0 Å². The van der Waals surface area contributed by atoms with E-state index in [2.05, 4.69) is 4.98 Å². The molecule has 0 saturated heterocycles. The molecule has 13 heavy (non-hydrogen) atoms. The van der Waals surface area contributed by atoms with Gasteiger partial charge in [-0.25, -0.2) is 4.98 Å². The molecule has 1 aromatic carbocycles. The molecule has 68 valence electrons. The summed E-state index contributed by atoms with van der Waals surface area (Å²) in [5, 5.41) is 1.62. The van der Waals surface area contributed by atoms with Crippen molar-refractivity contribution in [2.24, 2.45) is 0 Å². The second-order valence-corrected chi connectivity index (χ2v) is 4.85. The van der Waals surface area contributed by atoms with Crippen LogP contribution in [0.1, 0.15) is 17.3 Å². The van der Waals surface area contributed by atoms with Crippen LogP contribution in [-0.2, 0) is 0 Å². The second-order valence-electron chi connectivity index (χ2n) is 2.76. The van der Waals surface area contributed by atoms with Crippen molar-refractivity contribution in [1.82, 2.24) is 4.98 Å². The average molecular weight is 232 g/mol. The van der Waals surface area contributed by atoms with Crippen LogP contribution in [0.2, 0.25) is 5.02 Å². The molecule has 1 atom stereocenters. The smallest absolute Gasteiger partial charge is 0.112 e.